The summed E-state index contributed by atoms with van der Waals surface area (Å²) < 4.78 is 2.58. The molecular formula is C12H12BrN3O. The largest absolute Gasteiger partial charge is 0.296 e. The van der Waals surface area contributed by atoms with Gasteiger partial charge in [0.15, 0.2) is 6.29 Å². The van der Waals surface area contributed by atoms with E-state index in [9.17, 15) is 4.79 Å². The van der Waals surface area contributed by atoms with Gasteiger partial charge in [0.25, 0.3) is 0 Å². The van der Waals surface area contributed by atoms with Gasteiger partial charge >= 0.3 is 0 Å². The molecule has 0 spiro atoms. The zero-order valence-electron chi connectivity index (χ0n) is 9.59. The first-order valence-electron chi connectivity index (χ1n) is 5.29. The van der Waals surface area contributed by atoms with Crippen molar-refractivity contribution in [2.24, 2.45) is 0 Å². The third kappa shape index (κ3) is 2.29. The first kappa shape index (κ1) is 12.0. The van der Waals surface area contributed by atoms with Crippen LogP contribution in [0.25, 0.3) is 11.3 Å². The van der Waals surface area contributed by atoms with Crippen molar-refractivity contribution < 1.29 is 4.79 Å². The maximum atomic E-state index is 11.2. The highest BCUT2D eigenvalue weighted by molar-refractivity contribution is 9.10. The number of aldehydes is 1. The summed E-state index contributed by atoms with van der Waals surface area (Å²) in [6, 6.07) is 7.77. The Kier molecular flexibility index (Phi) is 3.38. The van der Waals surface area contributed by atoms with Gasteiger partial charge in [-0.05, 0) is 26.0 Å². The highest BCUT2D eigenvalue weighted by Gasteiger charge is 2.15. The molecule has 0 aliphatic rings. The molecule has 2 aromatic rings. The summed E-state index contributed by atoms with van der Waals surface area (Å²) in [4.78, 5) is 11.2. The Morgan fingerprint density at radius 3 is 2.76 bits per heavy atom. The Bertz CT molecular complexity index is 548. The highest BCUT2D eigenvalue weighted by atomic mass is 79.9. The van der Waals surface area contributed by atoms with E-state index in [-0.39, 0.29) is 6.04 Å². The molecule has 4 nitrogen and oxygen atoms in total. The Labute approximate surface area is 108 Å². The van der Waals surface area contributed by atoms with E-state index in [0.29, 0.717) is 11.4 Å². The molecule has 0 N–H and O–H groups in total. The first-order chi connectivity index (χ1) is 8.13. The molecule has 0 amide bonds. The molecule has 5 heteroatoms. The van der Waals surface area contributed by atoms with Gasteiger partial charge in [0.2, 0.25) is 0 Å². The van der Waals surface area contributed by atoms with Crippen molar-refractivity contribution >= 4 is 22.2 Å². The van der Waals surface area contributed by atoms with Gasteiger partial charge in [-0.15, -0.1) is 5.10 Å². The average Bonchev–Trinajstić information content (AvgIpc) is 2.72. The SMILES string of the molecule is CC(C)n1nnc(-c2cccc(Br)c2)c1C=O. The summed E-state index contributed by atoms with van der Waals surface area (Å²) in [5, 5.41) is 8.09. The molecule has 1 aromatic carbocycles. The number of carbonyl (C=O) groups is 1. The molecule has 1 heterocycles. The van der Waals surface area contributed by atoms with Crippen LogP contribution >= 0.6 is 15.9 Å². The zero-order valence-corrected chi connectivity index (χ0v) is 11.2. The van der Waals surface area contributed by atoms with E-state index in [2.05, 4.69) is 26.2 Å². The molecule has 0 atom stereocenters. The molecule has 17 heavy (non-hydrogen) atoms. The molecule has 0 saturated heterocycles. The van der Waals surface area contributed by atoms with E-state index in [1.807, 2.05) is 38.1 Å². The minimum absolute atomic E-state index is 0.114. The monoisotopic (exact) mass is 293 g/mol. The smallest absolute Gasteiger partial charge is 0.170 e. The van der Waals surface area contributed by atoms with Crippen LogP contribution in [0, 0.1) is 0 Å². The van der Waals surface area contributed by atoms with E-state index >= 15 is 0 Å². The van der Waals surface area contributed by atoms with Crippen molar-refractivity contribution in [1.82, 2.24) is 15.0 Å². The fourth-order valence-electron chi connectivity index (χ4n) is 1.63. The van der Waals surface area contributed by atoms with E-state index < -0.39 is 0 Å². The first-order valence-corrected chi connectivity index (χ1v) is 6.09. The van der Waals surface area contributed by atoms with E-state index in [4.69, 9.17) is 0 Å². The van der Waals surface area contributed by atoms with E-state index in [1.165, 1.54) is 0 Å². The highest BCUT2D eigenvalue weighted by Crippen LogP contribution is 2.24. The fourth-order valence-corrected chi connectivity index (χ4v) is 2.03. The van der Waals surface area contributed by atoms with Gasteiger partial charge < -0.3 is 0 Å². The second kappa shape index (κ2) is 4.79. The molecule has 88 valence electrons. The Balaban J connectivity index is 2.56. The standard InChI is InChI=1S/C12H12BrN3O/c1-8(2)16-11(7-17)12(14-15-16)9-4-3-5-10(13)6-9/h3-8H,1-2H3. The van der Waals surface area contributed by atoms with Gasteiger partial charge in [-0.25, -0.2) is 4.68 Å². The lowest BCUT2D eigenvalue weighted by Gasteiger charge is -2.05. The maximum Gasteiger partial charge on any atom is 0.170 e. The lowest BCUT2D eigenvalue weighted by atomic mass is 10.1. The summed E-state index contributed by atoms with van der Waals surface area (Å²) in [7, 11) is 0. The van der Waals surface area contributed by atoms with Gasteiger partial charge in [-0.3, -0.25) is 4.79 Å². The van der Waals surface area contributed by atoms with Gasteiger partial charge in [0.05, 0.1) is 0 Å². The van der Waals surface area contributed by atoms with Gasteiger partial charge in [-0.2, -0.15) is 0 Å². The van der Waals surface area contributed by atoms with Gasteiger partial charge in [-0.1, -0.05) is 33.3 Å². The summed E-state index contributed by atoms with van der Waals surface area (Å²) >= 11 is 3.40. The van der Waals surface area contributed by atoms with Crippen LogP contribution in [0.5, 0.6) is 0 Å². The van der Waals surface area contributed by atoms with Crippen LogP contribution < -0.4 is 0 Å². The summed E-state index contributed by atoms with van der Waals surface area (Å²) in [5.41, 5.74) is 2.02. The third-order valence-corrected chi connectivity index (χ3v) is 2.92. The second-order valence-corrected chi connectivity index (χ2v) is 4.91. The van der Waals surface area contributed by atoms with Crippen LogP contribution in [0.3, 0.4) is 0 Å². The molecule has 1 aromatic heterocycles. The number of hydrogen-bond acceptors (Lipinski definition) is 3. The van der Waals surface area contributed by atoms with Crippen LogP contribution in [-0.4, -0.2) is 21.3 Å². The molecule has 0 saturated carbocycles. The summed E-state index contributed by atoms with van der Waals surface area (Å²) in [6.07, 6.45) is 0.802. The van der Waals surface area contributed by atoms with Crippen molar-refractivity contribution in [2.45, 2.75) is 19.9 Å². The molecular weight excluding hydrogens is 282 g/mol. The van der Waals surface area contributed by atoms with E-state index in [0.717, 1.165) is 16.3 Å². The normalized spacial score (nSPS) is 10.8. The number of aromatic nitrogens is 3. The molecule has 0 aliphatic heterocycles. The van der Waals surface area contributed by atoms with Crippen molar-refractivity contribution in [1.29, 1.82) is 0 Å². The number of nitrogens with zero attached hydrogens (tertiary/aromatic N) is 3. The average molecular weight is 294 g/mol. The van der Waals surface area contributed by atoms with Crippen molar-refractivity contribution in [2.75, 3.05) is 0 Å². The molecule has 0 radical (unpaired) electrons. The molecule has 2 rings (SSSR count). The predicted molar refractivity (Wildman–Crippen MR) is 68.9 cm³/mol. The van der Waals surface area contributed by atoms with Gasteiger partial charge in [0, 0.05) is 16.1 Å². The molecule has 0 unspecified atom stereocenters. The van der Waals surface area contributed by atoms with Crippen LogP contribution in [-0.2, 0) is 0 Å². The van der Waals surface area contributed by atoms with Crippen LogP contribution in [0.2, 0.25) is 0 Å². The van der Waals surface area contributed by atoms with Crippen LogP contribution in [0.15, 0.2) is 28.7 Å². The Morgan fingerprint density at radius 2 is 2.18 bits per heavy atom. The second-order valence-electron chi connectivity index (χ2n) is 3.99. The number of rotatable bonds is 3. The van der Waals surface area contributed by atoms with Crippen molar-refractivity contribution in [3.05, 3.63) is 34.4 Å². The number of halogens is 1. The quantitative estimate of drug-likeness (QED) is 0.817. The van der Waals surface area contributed by atoms with Gasteiger partial charge in [0.1, 0.15) is 11.4 Å². The van der Waals surface area contributed by atoms with Crippen molar-refractivity contribution in [3.8, 4) is 11.3 Å². The zero-order chi connectivity index (χ0) is 12.4. The molecule has 0 fully saturated rings. The fraction of sp³-hybridized carbons (Fsp3) is 0.250. The summed E-state index contributed by atoms with van der Waals surface area (Å²) in [5.74, 6) is 0. The lowest BCUT2D eigenvalue weighted by Crippen LogP contribution is -2.07. The summed E-state index contributed by atoms with van der Waals surface area (Å²) in [6.45, 7) is 3.93. The third-order valence-electron chi connectivity index (χ3n) is 2.43. The van der Waals surface area contributed by atoms with Crippen LogP contribution in [0.4, 0.5) is 0 Å². The van der Waals surface area contributed by atoms with Crippen LogP contribution in [0.1, 0.15) is 30.4 Å². The lowest BCUT2D eigenvalue weighted by molar-refractivity contribution is 0.111. The topological polar surface area (TPSA) is 47.8 Å². The minimum atomic E-state index is 0.114. The number of carbonyl (C=O) groups excluding carboxylic acids is 1. The Hall–Kier alpha value is -1.49. The number of benzene rings is 1. The molecule has 0 bridgehead atoms. The molecule has 0 aliphatic carbocycles. The van der Waals surface area contributed by atoms with Crippen molar-refractivity contribution in [3.63, 3.8) is 0 Å². The van der Waals surface area contributed by atoms with E-state index in [1.54, 1.807) is 4.68 Å². The predicted octanol–water partition coefficient (Wildman–Crippen LogP) is 3.10. The maximum absolute atomic E-state index is 11.2. The Morgan fingerprint density at radius 1 is 1.41 bits per heavy atom. The number of hydrogen-bond donors (Lipinski definition) is 0. The minimum Gasteiger partial charge on any atom is -0.296 e.